The number of benzene rings is 1. The van der Waals surface area contributed by atoms with E-state index in [1.54, 1.807) is 25.3 Å². The molecule has 1 fully saturated rings. The summed E-state index contributed by atoms with van der Waals surface area (Å²) in [5.74, 6) is 0.633. The number of methoxy groups -OCH3 is 1. The van der Waals surface area contributed by atoms with Crippen LogP contribution in [-0.2, 0) is 9.53 Å². The first kappa shape index (κ1) is 14.7. The van der Waals surface area contributed by atoms with E-state index >= 15 is 0 Å². The molecule has 0 saturated heterocycles. The van der Waals surface area contributed by atoms with Gasteiger partial charge in [0.1, 0.15) is 5.75 Å². The SMILES string of the molecule is COc1ccc(NC(=O)CCCOC2CCC2)c(N)c1. The normalized spacial score (nSPS) is 14.7. The van der Waals surface area contributed by atoms with Gasteiger partial charge in [0.25, 0.3) is 0 Å². The van der Waals surface area contributed by atoms with Crippen molar-refractivity contribution in [3.8, 4) is 5.75 Å². The van der Waals surface area contributed by atoms with E-state index in [0.29, 0.717) is 36.3 Å². The topological polar surface area (TPSA) is 73.6 Å². The Bertz CT molecular complexity index is 458. The molecule has 1 amide bonds. The molecule has 0 aliphatic heterocycles. The molecule has 5 nitrogen and oxygen atoms in total. The van der Waals surface area contributed by atoms with Crippen molar-refractivity contribution in [3.05, 3.63) is 18.2 Å². The van der Waals surface area contributed by atoms with Crippen LogP contribution in [0.2, 0.25) is 0 Å². The molecule has 0 radical (unpaired) electrons. The Morgan fingerprint density at radius 2 is 2.25 bits per heavy atom. The van der Waals surface area contributed by atoms with E-state index in [1.165, 1.54) is 6.42 Å². The first-order chi connectivity index (χ1) is 9.69. The van der Waals surface area contributed by atoms with Crippen LogP contribution in [0, 0.1) is 0 Å². The number of hydrogen-bond acceptors (Lipinski definition) is 4. The summed E-state index contributed by atoms with van der Waals surface area (Å²) in [6.45, 7) is 0.649. The minimum atomic E-state index is -0.0425. The van der Waals surface area contributed by atoms with Gasteiger partial charge in [0.15, 0.2) is 0 Å². The number of anilines is 2. The fourth-order valence-corrected chi connectivity index (χ4v) is 2.01. The lowest BCUT2D eigenvalue weighted by molar-refractivity contribution is -0.116. The van der Waals surface area contributed by atoms with E-state index in [-0.39, 0.29) is 5.91 Å². The number of rotatable bonds is 7. The number of nitrogens with one attached hydrogen (secondary N) is 1. The van der Waals surface area contributed by atoms with Crippen molar-refractivity contribution in [2.75, 3.05) is 24.8 Å². The zero-order chi connectivity index (χ0) is 14.4. The summed E-state index contributed by atoms with van der Waals surface area (Å²) in [4.78, 5) is 11.8. The van der Waals surface area contributed by atoms with Crippen LogP contribution in [0.15, 0.2) is 18.2 Å². The van der Waals surface area contributed by atoms with Gasteiger partial charge in [-0.25, -0.2) is 0 Å². The average molecular weight is 278 g/mol. The molecule has 20 heavy (non-hydrogen) atoms. The minimum absolute atomic E-state index is 0.0425. The third-order valence-electron chi connectivity index (χ3n) is 3.49. The molecule has 2 rings (SSSR count). The quantitative estimate of drug-likeness (QED) is 0.594. The molecule has 0 heterocycles. The van der Waals surface area contributed by atoms with Crippen LogP contribution in [-0.4, -0.2) is 25.7 Å². The van der Waals surface area contributed by atoms with Crippen molar-refractivity contribution in [3.63, 3.8) is 0 Å². The van der Waals surface area contributed by atoms with E-state index in [1.807, 2.05) is 0 Å². The van der Waals surface area contributed by atoms with Crippen LogP contribution < -0.4 is 15.8 Å². The van der Waals surface area contributed by atoms with Gasteiger partial charge in [-0.1, -0.05) is 0 Å². The average Bonchev–Trinajstić information content (AvgIpc) is 2.38. The van der Waals surface area contributed by atoms with Crippen LogP contribution >= 0.6 is 0 Å². The molecule has 3 N–H and O–H groups in total. The molecule has 0 atom stereocenters. The van der Waals surface area contributed by atoms with Gasteiger partial charge in [0.2, 0.25) is 5.91 Å². The van der Waals surface area contributed by atoms with E-state index < -0.39 is 0 Å². The van der Waals surface area contributed by atoms with Crippen LogP contribution in [0.5, 0.6) is 5.75 Å². The minimum Gasteiger partial charge on any atom is -0.497 e. The van der Waals surface area contributed by atoms with Gasteiger partial charge in [-0.05, 0) is 37.8 Å². The number of ether oxygens (including phenoxy) is 2. The Labute approximate surface area is 119 Å². The molecule has 0 aromatic heterocycles. The maximum atomic E-state index is 11.8. The molecule has 0 spiro atoms. The van der Waals surface area contributed by atoms with Crippen molar-refractivity contribution >= 4 is 17.3 Å². The molecule has 110 valence electrons. The summed E-state index contributed by atoms with van der Waals surface area (Å²) in [7, 11) is 1.58. The van der Waals surface area contributed by atoms with E-state index in [0.717, 1.165) is 19.3 Å². The lowest BCUT2D eigenvalue weighted by Crippen LogP contribution is -2.22. The van der Waals surface area contributed by atoms with Gasteiger partial charge in [-0.2, -0.15) is 0 Å². The first-order valence-electron chi connectivity index (χ1n) is 7.04. The van der Waals surface area contributed by atoms with Crippen molar-refractivity contribution in [1.29, 1.82) is 0 Å². The third kappa shape index (κ3) is 4.13. The van der Waals surface area contributed by atoms with Crippen LogP contribution in [0.3, 0.4) is 0 Å². The molecular formula is C15H22N2O3. The molecule has 5 heteroatoms. The molecule has 0 unspecified atom stereocenters. The molecule has 1 aromatic rings. The number of carbonyl (C=O) groups is 1. The van der Waals surface area contributed by atoms with Crippen LogP contribution in [0.1, 0.15) is 32.1 Å². The predicted molar refractivity (Wildman–Crippen MR) is 78.9 cm³/mol. The van der Waals surface area contributed by atoms with E-state index in [4.69, 9.17) is 15.2 Å². The summed E-state index contributed by atoms with van der Waals surface area (Å²) < 4.78 is 10.7. The molecular weight excluding hydrogens is 256 g/mol. The van der Waals surface area contributed by atoms with Gasteiger partial charge in [0.05, 0.1) is 24.6 Å². The Hall–Kier alpha value is -1.75. The summed E-state index contributed by atoms with van der Waals surface area (Å²) in [6, 6.07) is 5.21. The number of hydrogen-bond donors (Lipinski definition) is 2. The zero-order valence-corrected chi connectivity index (χ0v) is 11.9. The predicted octanol–water partition coefficient (Wildman–Crippen LogP) is 2.57. The molecule has 1 aliphatic rings. The third-order valence-corrected chi connectivity index (χ3v) is 3.49. The smallest absolute Gasteiger partial charge is 0.224 e. The van der Waals surface area contributed by atoms with Gasteiger partial charge >= 0.3 is 0 Å². The standard InChI is InChI=1S/C15H22N2O3/c1-19-12-7-8-14(13(16)10-12)17-15(18)6-3-9-20-11-4-2-5-11/h7-8,10-11H,2-6,9,16H2,1H3,(H,17,18). The van der Waals surface area contributed by atoms with Crippen molar-refractivity contribution in [1.82, 2.24) is 0 Å². The van der Waals surface area contributed by atoms with Crippen molar-refractivity contribution in [2.45, 2.75) is 38.2 Å². The van der Waals surface area contributed by atoms with Gasteiger partial charge < -0.3 is 20.5 Å². The Morgan fingerprint density at radius 1 is 1.45 bits per heavy atom. The Morgan fingerprint density at radius 3 is 2.85 bits per heavy atom. The highest BCUT2D eigenvalue weighted by atomic mass is 16.5. The van der Waals surface area contributed by atoms with E-state index in [9.17, 15) is 4.79 Å². The second-order valence-corrected chi connectivity index (χ2v) is 5.03. The number of carbonyl (C=O) groups excluding carboxylic acids is 1. The zero-order valence-electron chi connectivity index (χ0n) is 11.9. The second kappa shape index (κ2) is 7.14. The van der Waals surface area contributed by atoms with Crippen LogP contribution in [0.25, 0.3) is 0 Å². The fourth-order valence-electron chi connectivity index (χ4n) is 2.01. The summed E-state index contributed by atoms with van der Waals surface area (Å²) in [6.07, 6.45) is 5.19. The molecule has 0 bridgehead atoms. The lowest BCUT2D eigenvalue weighted by atomic mass is 9.96. The highest BCUT2D eigenvalue weighted by Gasteiger charge is 2.17. The van der Waals surface area contributed by atoms with Crippen molar-refractivity contribution in [2.24, 2.45) is 0 Å². The first-order valence-corrected chi connectivity index (χ1v) is 7.04. The Balaban J connectivity index is 1.70. The van der Waals surface area contributed by atoms with Gasteiger partial charge in [-0.3, -0.25) is 4.79 Å². The maximum absolute atomic E-state index is 11.8. The fraction of sp³-hybridized carbons (Fsp3) is 0.533. The highest BCUT2D eigenvalue weighted by molar-refractivity contribution is 5.93. The second-order valence-electron chi connectivity index (χ2n) is 5.03. The molecule has 1 aliphatic carbocycles. The van der Waals surface area contributed by atoms with Crippen LogP contribution in [0.4, 0.5) is 11.4 Å². The molecule has 1 aromatic carbocycles. The van der Waals surface area contributed by atoms with E-state index in [2.05, 4.69) is 5.32 Å². The summed E-state index contributed by atoms with van der Waals surface area (Å²) in [5.41, 5.74) is 6.97. The lowest BCUT2D eigenvalue weighted by Gasteiger charge is -2.25. The monoisotopic (exact) mass is 278 g/mol. The summed E-state index contributed by atoms with van der Waals surface area (Å²) in [5, 5.41) is 2.80. The number of nitrogen functional groups attached to an aromatic ring is 1. The maximum Gasteiger partial charge on any atom is 0.224 e. The van der Waals surface area contributed by atoms with Crippen molar-refractivity contribution < 1.29 is 14.3 Å². The number of amides is 1. The highest BCUT2D eigenvalue weighted by Crippen LogP contribution is 2.24. The number of nitrogens with two attached hydrogens (primary N) is 1. The largest absolute Gasteiger partial charge is 0.497 e. The molecule has 1 saturated carbocycles. The summed E-state index contributed by atoms with van der Waals surface area (Å²) >= 11 is 0. The van der Waals surface area contributed by atoms with Gasteiger partial charge in [-0.15, -0.1) is 0 Å². The Kier molecular flexibility index (Phi) is 5.24. The van der Waals surface area contributed by atoms with Gasteiger partial charge in [0, 0.05) is 19.1 Å².